The minimum atomic E-state index is -3.22. The molecule has 2 heterocycles. The van der Waals surface area contributed by atoms with Crippen molar-refractivity contribution in [1.82, 2.24) is 10.2 Å². The fraction of sp³-hybridized carbons (Fsp3) is 0.650. The van der Waals surface area contributed by atoms with Crippen molar-refractivity contribution >= 4 is 21.5 Å². The summed E-state index contributed by atoms with van der Waals surface area (Å²) >= 11 is 0. The molecule has 0 amide bonds. The lowest BCUT2D eigenvalue weighted by Crippen LogP contribution is -2.53. The van der Waals surface area contributed by atoms with E-state index in [1.807, 2.05) is 13.0 Å². The molecule has 0 saturated carbocycles. The first-order valence-electron chi connectivity index (χ1n) is 10.1. The molecule has 156 valence electrons. The molecular formula is C20H32N4O3S. The molecule has 1 N–H and O–H groups in total. The predicted octanol–water partition coefficient (Wildman–Crippen LogP) is 1.37. The lowest BCUT2D eigenvalue weighted by atomic mass is 9.99. The molecule has 2 aliphatic rings. The number of nitrogens with zero attached hydrogens (tertiary/aromatic N) is 3. The van der Waals surface area contributed by atoms with Crippen molar-refractivity contribution in [3.8, 4) is 0 Å². The van der Waals surface area contributed by atoms with Crippen molar-refractivity contribution in [3.05, 3.63) is 30.3 Å². The first kappa shape index (κ1) is 20.9. The van der Waals surface area contributed by atoms with Gasteiger partial charge >= 0.3 is 0 Å². The number of sulfone groups is 1. The second kappa shape index (κ2) is 9.13. The first-order valence-corrected chi connectivity index (χ1v) is 11.9. The number of rotatable bonds is 5. The van der Waals surface area contributed by atoms with Crippen LogP contribution in [0.25, 0.3) is 0 Å². The third-order valence-corrected chi connectivity index (χ3v) is 7.85. The zero-order chi connectivity index (χ0) is 20.0. The Hall–Kier alpha value is -1.80. The van der Waals surface area contributed by atoms with E-state index in [4.69, 9.17) is 9.73 Å². The molecule has 7 nitrogen and oxygen atoms in total. The van der Waals surface area contributed by atoms with Gasteiger partial charge in [-0.15, -0.1) is 0 Å². The van der Waals surface area contributed by atoms with Crippen molar-refractivity contribution in [2.24, 2.45) is 4.99 Å². The normalized spacial score (nSPS) is 20.9. The molecule has 0 bridgehead atoms. The van der Waals surface area contributed by atoms with Crippen LogP contribution >= 0.6 is 0 Å². The Morgan fingerprint density at radius 1 is 1.14 bits per heavy atom. The van der Waals surface area contributed by atoms with Crippen LogP contribution < -0.4 is 10.2 Å². The maximum atomic E-state index is 12.5. The summed E-state index contributed by atoms with van der Waals surface area (Å²) in [4.78, 5) is 9.38. The van der Waals surface area contributed by atoms with Crippen molar-refractivity contribution in [2.75, 3.05) is 63.6 Å². The van der Waals surface area contributed by atoms with E-state index in [2.05, 4.69) is 39.4 Å². The van der Waals surface area contributed by atoms with Crippen molar-refractivity contribution in [3.63, 3.8) is 0 Å². The smallest absolute Gasteiger partial charge is 0.194 e. The van der Waals surface area contributed by atoms with Crippen LogP contribution in [0.1, 0.15) is 19.8 Å². The quantitative estimate of drug-likeness (QED) is 0.586. The predicted molar refractivity (Wildman–Crippen MR) is 114 cm³/mol. The molecule has 1 aromatic rings. The number of benzene rings is 1. The molecule has 3 rings (SSSR count). The van der Waals surface area contributed by atoms with Gasteiger partial charge in [0.05, 0.1) is 11.3 Å². The van der Waals surface area contributed by atoms with Gasteiger partial charge in [0, 0.05) is 57.9 Å². The van der Waals surface area contributed by atoms with E-state index < -0.39 is 14.6 Å². The van der Waals surface area contributed by atoms with Gasteiger partial charge < -0.3 is 19.9 Å². The zero-order valence-corrected chi connectivity index (χ0v) is 17.7. The molecule has 2 saturated heterocycles. The molecule has 2 fully saturated rings. The standard InChI is InChI=1S/C20H32N4O3S/c1-3-21-19(22-17-20(28(2,25)26)9-15-27-16-10-20)24-13-11-23(12-14-24)18-7-5-4-6-8-18/h4-8H,3,9-17H2,1-2H3,(H,21,22). The minimum Gasteiger partial charge on any atom is -0.381 e. The monoisotopic (exact) mass is 408 g/mol. The summed E-state index contributed by atoms with van der Waals surface area (Å²) in [5.41, 5.74) is 1.24. The highest BCUT2D eigenvalue weighted by Crippen LogP contribution is 2.29. The van der Waals surface area contributed by atoms with Gasteiger partial charge in [-0.2, -0.15) is 0 Å². The fourth-order valence-corrected chi connectivity index (χ4v) is 5.06. The van der Waals surface area contributed by atoms with Gasteiger partial charge in [0.15, 0.2) is 15.8 Å². The van der Waals surface area contributed by atoms with E-state index >= 15 is 0 Å². The van der Waals surface area contributed by atoms with E-state index in [1.54, 1.807) is 0 Å². The minimum absolute atomic E-state index is 0.288. The Morgan fingerprint density at radius 2 is 1.79 bits per heavy atom. The fourth-order valence-electron chi connectivity index (χ4n) is 3.85. The number of ether oxygens (including phenoxy) is 1. The average Bonchev–Trinajstić information content (AvgIpc) is 2.72. The Balaban J connectivity index is 1.69. The Morgan fingerprint density at radius 3 is 2.36 bits per heavy atom. The van der Waals surface area contributed by atoms with E-state index in [-0.39, 0.29) is 6.54 Å². The summed E-state index contributed by atoms with van der Waals surface area (Å²) in [6.45, 7) is 7.59. The third-order valence-electron chi connectivity index (χ3n) is 5.74. The number of aliphatic imine (C=N–C) groups is 1. The molecule has 0 aliphatic carbocycles. The molecule has 8 heteroatoms. The van der Waals surface area contributed by atoms with Gasteiger partial charge in [-0.3, -0.25) is 4.99 Å². The van der Waals surface area contributed by atoms with Crippen LogP contribution in [0.3, 0.4) is 0 Å². The Bertz CT molecular complexity index is 753. The van der Waals surface area contributed by atoms with Crippen molar-refractivity contribution < 1.29 is 13.2 Å². The van der Waals surface area contributed by atoms with Gasteiger partial charge in [-0.25, -0.2) is 8.42 Å². The lowest BCUT2D eigenvalue weighted by molar-refractivity contribution is 0.0767. The first-order chi connectivity index (χ1) is 13.5. The topological polar surface area (TPSA) is 74.2 Å². The highest BCUT2D eigenvalue weighted by molar-refractivity contribution is 7.92. The molecule has 28 heavy (non-hydrogen) atoms. The molecule has 0 spiro atoms. The summed E-state index contributed by atoms with van der Waals surface area (Å²) in [7, 11) is -3.22. The van der Waals surface area contributed by atoms with Crippen LogP contribution in [-0.4, -0.2) is 82.8 Å². The Kier molecular flexibility index (Phi) is 6.82. The summed E-state index contributed by atoms with van der Waals surface area (Å²) in [6.07, 6.45) is 2.35. The maximum absolute atomic E-state index is 12.5. The van der Waals surface area contributed by atoms with Gasteiger partial charge in [-0.1, -0.05) is 18.2 Å². The van der Waals surface area contributed by atoms with E-state index in [9.17, 15) is 8.42 Å². The lowest BCUT2D eigenvalue weighted by Gasteiger charge is -2.38. The molecule has 0 aromatic heterocycles. The van der Waals surface area contributed by atoms with Crippen LogP contribution in [0.5, 0.6) is 0 Å². The van der Waals surface area contributed by atoms with Crippen LogP contribution in [0.2, 0.25) is 0 Å². The molecule has 2 aliphatic heterocycles. The van der Waals surface area contributed by atoms with Crippen LogP contribution in [-0.2, 0) is 14.6 Å². The molecule has 0 radical (unpaired) electrons. The van der Waals surface area contributed by atoms with Gasteiger partial charge in [0.1, 0.15) is 0 Å². The van der Waals surface area contributed by atoms with Gasteiger partial charge in [0.25, 0.3) is 0 Å². The molecular weight excluding hydrogens is 376 g/mol. The van der Waals surface area contributed by atoms with Crippen LogP contribution in [0, 0.1) is 0 Å². The number of nitrogens with one attached hydrogen (secondary N) is 1. The van der Waals surface area contributed by atoms with E-state index in [1.165, 1.54) is 11.9 Å². The number of para-hydroxylation sites is 1. The Labute approximate surface area is 168 Å². The maximum Gasteiger partial charge on any atom is 0.194 e. The second-order valence-electron chi connectivity index (χ2n) is 7.55. The molecule has 0 unspecified atom stereocenters. The number of hydrogen-bond acceptors (Lipinski definition) is 5. The van der Waals surface area contributed by atoms with Crippen molar-refractivity contribution in [2.45, 2.75) is 24.5 Å². The number of hydrogen-bond donors (Lipinski definition) is 1. The molecule has 1 aromatic carbocycles. The average molecular weight is 409 g/mol. The largest absolute Gasteiger partial charge is 0.381 e. The van der Waals surface area contributed by atoms with Gasteiger partial charge in [0.2, 0.25) is 0 Å². The highest BCUT2D eigenvalue weighted by Gasteiger charge is 2.42. The van der Waals surface area contributed by atoms with Crippen molar-refractivity contribution in [1.29, 1.82) is 0 Å². The number of anilines is 1. The SMILES string of the molecule is CCNC(=NCC1(S(C)(=O)=O)CCOCC1)N1CCN(c2ccccc2)CC1. The summed E-state index contributed by atoms with van der Waals surface area (Å²) in [6, 6.07) is 10.4. The van der Waals surface area contributed by atoms with Gasteiger partial charge in [-0.05, 0) is 31.9 Å². The number of piperazine rings is 1. The second-order valence-corrected chi connectivity index (χ2v) is 9.96. The van der Waals surface area contributed by atoms with Crippen LogP contribution in [0.4, 0.5) is 5.69 Å². The summed E-state index contributed by atoms with van der Waals surface area (Å²) in [5, 5.41) is 3.35. The highest BCUT2D eigenvalue weighted by atomic mass is 32.2. The third kappa shape index (κ3) is 4.78. The van der Waals surface area contributed by atoms with E-state index in [0.717, 1.165) is 38.7 Å². The van der Waals surface area contributed by atoms with Crippen LogP contribution in [0.15, 0.2) is 35.3 Å². The zero-order valence-electron chi connectivity index (χ0n) is 16.9. The summed E-state index contributed by atoms with van der Waals surface area (Å²) < 4.78 is 29.6. The molecule has 0 atom stereocenters. The van der Waals surface area contributed by atoms with E-state index in [0.29, 0.717) is 26.1 Å². The number of guanidine groups is 1. The summed E-state index contributed by atoms with van der Waals surface area (Å²) in [5.74, 6) is 0.810.